The van der Waals surface area contributed by atoms with E-state index in [2.05, 4.69) is 5.32 Å². The number of carbonyl (C=O) groups excluding carboxylic acids is 1. The van der Waals surface area contributed by atoms with E-state index in [0.717, 1.165) is 22.6 Å². The average Bonchev–Trinajstić information content (AvgIpc) is 2.81. The molecule has 1 aliphatic rings. The summed E-state index contributed by atoms with van der Waals surface area (Å²) in [5, 5.41) is 11.9. The second kappa shape index (κ2) is 5.97. The highest BCUT2D eigenvalue weighted by molar-refractivity contribution is 7.98. The highest BCUT2D eigenvalue weighted by atomic mass is 32.2. The average molecular weight is 309 g/mol. The molecule has 0 bridgehead atoms. The number of nitrogens with one attached hydrogen (secondary N) is 1. The third-order valence-electron chi connectivity index (χ3n) is 3.03. The van der Waals surface area contributed by atoms with Gasteiger partial charge in [-0.2, -0.15) is 11.8 Å². The summed E-state index contributed by atoms with van der Waals surface area (Å²) in [4.78, 5) is 23.4. The van der Waals surface area contributed by atoms with Gasteiger partial charge in [-0.25, -0.2) is 9.59 Å². The smallest absolute Gasteiger partial charge is 0.408 e. The van der Waals surface area contributed by atoms with Crippen molar-refractivity contribution in [3.05, 3.63) is 34.9 Å². The first kappa shape index (κ1) is 15.7. The van der Waals surface area contributed by atoms with Crippen LogP contribution in [0.5, 0.6) is 0 Å². The molecule has 0 saturated heterocycles. The zero-order valence-electron chi connectivity index (χ0n) is 12.3. The van der Waals surface area contributed by atoms with Crippen LogP contribution in [0.2, 0.25) is 0 Å². The van der Waals surface area contributed by atoms with E-state index < -0.39 is 23.7 Å². The minimum Gasteiger partial charge on any atom is -0.479 e. The number of benzene rings is 1. The number of ether oxygens (including phenoxy) is 1. The number of carboxylic acid groups (broad SMARTS) is 1. The monoisotopic (exact) mass is 309 g/mol. The molecule has 0 spiro atoms. The minimum absolute atomic E-state index is 0.635. The third kappa shape index (κ3) is 3.91. The molecule has 1 amide bonds. The quantitative estimate of drug-likeness (QED) is 0.897. The van der Waals surface area contributed by atoms with E-state index in [9.17, 15) is 14.7 Å². The van der Waals surface area contributed by atoms with Crippen molar-refractivity contribution >= 4 is 23.8 Å². The van der Waals surface area contributed by atoms with Gasteiger partial charge in [-0.15, -0.1) is 0 Å². The molecule has 0 radical (unpaired) electrons. The van der Waals surface area contributed by atoms with Gasteiger partial charge in [0.25, 0.3) is 0 Å². The lowest BCUT2D eigenvalue weighted by molar-refractivity contribution is -0.139. The molecular weight excluding hydrogens is 290 g/mol. The molecule has 1 aliphatic heterocycles. The molecule has 1 heterocycles. The summed E-state index contributed by atoms with van der Waals surface area (Å²) < 4.78 is 5.14. The predicted molar refractivity (Wildman–Crippen MR) is 81.2 cm³/mol. The van der Waals surface area contributed by atoms with Gasteiger partial charge in [0.05, 0.1) is 0 Å². The Morgan fingerprint density at radius 1 is 1.33 bits per heavy atom. The van der Waals surface area contributed by atoms with E-state index in [1.165, 1.54) is 0 Å². The number of hydrogen-bond acceptors (Lipinski definition) is 4. The summed E-state index contributed by atoms with van der Waals surface area (Å²) in [5.74, 6) is 0.555. The van der Waals surface area contributed by atoms with Crippen LogP contribution in [-0.4, -0.2) is 22.8 Å². The summed E-state index contributed by atoms with van der Waals surface area (Å²) in [5.41, 5.74) is 2.11. The molecule has 0 saturated carbocycles. The van der Waals surface area contributed by atoms with Crippen molar-refractivity contribution in [3.63, 3.8) is 0 Å². The van der Waals surface area contributed by atoms with Gasteiger partial charge in [0, 0.05) is 11.5 Å². The molecule has 0 aliphatic carbocycles. The zero-order valence-corrected chi connectivity index (χ0v) is 13.1. The van der Waals surface area contributed by atoms with Crippen LogP contribution in [0.1, 0.15) is 43.5 Å². The number of thioether (sulfide) groups is 1. The molecule has 1 unspecified atom stereocenters. The van der Waals surface area contributed by atoms with Crippen LogP contribution in [0.25, 0.3) is 0 Å². The number of hydrogen-bond donors (Lipinski definition) is 2. The van der Waals surface area contributed by atoms with Crippen molar-refractivity contribution in [2.45, 2.75) is 43.9 Å². The summed E-state index contributed by atoms with van der Waals surface area (Å²) >= 11 is 1.74. The first-order valence-corrected chi connectivity index (χ1v) is 7.84. The summed E-state index contributed by atoms with van der Waals surface area (Å²) in [7, 11) is 0. The molecule has 6 heteroatoms. The maximum absolute atomic E-state index is 11.8. The molecule has 5 nitrogen and oxygen atoms in total. The Bertz CT molecular complexity index is 565. The summed E-state index contributed by atoms with van der Waals surface area (Å²) in [6, 6.07) is 4.48. The summed E-state index contributed by atoms with van der Waals surface area (Å²) in [6.07, 6.45) is -0.724. The number of fused-ring (bicyclic) bond motifs is 1. The lowest BCUT2D eigenvalue weighted by Crippen LogP contribution is -2.38. The standard InChI is InChI=1S/C15H19NO4S/c1-15(2,3)20-14(19)16-12(13(17)18)10-6-4-5-9-7-21-8-11(9)10/h4-6,12H,7-8H2,1-3H3,(H,16,19)(H,17,18). The van der Waals surface area contributed by atoms with E-state index in [4.69, 9.17) is 4.74 Å². The molecule has 21 heavy (non-hydrogen) atoms. The zero-order chi connectivity index (χ0) is 15.6. The van der Waals surface area contributed by atoms with Crippen LogP contribution in [0.3, 0.4) is 0 Å². The maximum Gasteiger partial charge on any atom is 0.408 e. The van der Waals surface area contributed by atoms with E-state index >= 15 is 0 Å². The van der Waals surface area contributed by atoms with Crippen LogP contribution >= 0.6 is 11.8 Å². The highest BCUT2D eigenvalue weighted by Gasteiger charge is 2.29. The van der Waals surface area contributed by atoms with Crippen molar-refractivity contribution in [1.29, 1.82) is 0 Å². The predicted octanol–water partition coefficient (Wildman–Crippen LogP) is 3.08. The molecule has 1 aromatic carbocycles. The van der Waals surface area contributed by atoms with E-state index in [0.29, 0.717) is 5.56 Å². The molecule has 1 atom stereocenters. The number of amides is 1. The lowest BCUT2D eigenvalue weighted by Gasteiger charge is -2.23. The highest BCUT2D eigenvalue weighted by Crippen LogP contribution is 2.34. The fourth-order valence-electron chi connectivity index (χ4n) is 2.20. The number of aliphatic carboxylic acids is 1. The van der Waals surface area contributed by atoms with Gasteiger partial charge in [0.2, 0.25) is 0 Å². The molecule has 0 aromatic heterocycles. The van der Waals surface area contributed by atoms with Crippen molar-refractivity contribution < 1.29 is 19.4 Å². The van der Waals surface area contributed by atoms with Crippen molar-refractivity contribution in [3.8, 4) is 0 Å². The van der Waals surface area contributed by atoms with Gasteiger partial charge in [-0.1, -0.05) is 18.2 Å². The van der Waals surface area contributed by atoms with Crippen molar-refractivity contribution in [2.75, 3.05) is 0 Å². The van der Waals surface area contributed by atoms with E-state index in [-0.39, 0.29) is 0 Å². The first-order valence-electron chi connectivity index (χ1n) is 6.68. The molecule has 0 fully saturated rings. The fourth-order valence-corrected chi connectivity index (χ4v) is 3.35. The normalized spacial score (nSPS) is 15.2. The molecular formula is C15H19NO4S. The van der Waals surface area contributed by atoms with Gasteiger partial charge in [-0.3, -0.25) is 0 Å². The van der Waals surface area contributed by atoms with Gasteiger partial charge >= 0.3 is 12.1 Å². The van der Waals surface area contributed by atoms with Crippen molar-refractivity contribution in [2.24, 2.45) is 0 Å². The summed E-state index contributed by atoms with van der Waals surface area (Å²) in [6.45, 7) is 5.21. The van der Waals surface area contributed by atoms with E-state index in [1.807, 2.05) is 12.1 Å². The molecule has 114 valence electrons. The van der Waals surface area contributed by atoms with Gasteiger partial charge in [-0.05, 0) is 37.5 Å². The second-order valence-corrected chi connectivity index (χ2v) is 6.88. The Morgan fingerprint density at radius 2 is 2.05 bits per heavy atom. The fraction of sp³-hybridized carbons (Fsp3) is 0.467. The van der Waals surface area contributed by atoms with Crippen LogP contribution < -0.4 is 5.32 Å². The van der Waals surface area contributed by atoms with Crippen molar-refractivity contribution in [1.82, 2.24) is 5.32 Å². The Morgan fingerprint density at radius 3 is 2.67 bits per heavy atom. The largest absolute Gasteiger partial charge is 0.479 e. The Hall–Kier alpha value is -1.69. The maximum atomic E-state index is 11.8. The molecule has 2 N–H and O–H groups in total. The van der Waals surface area contributed by atoms with Crippen LogP contribution in [0.4, 0.5) is 4.79 Å². The molecule has 1 aromatic rings. The number of carboxylic acids is 1. The van der Waals surface area contributed by atoms with Crippen LogP contribution in [0.15, 0.2) is 18.2 Å². The second-order valence-electron chi connectivity index (χ2n) is 5.90. The van der Waals surface area contributed by atoms with Gasteiger partial charge < -0.3 is 15.2 Å². The SMILES string of the molecule is CC(C)(C)OC(=O)NC(C(=O)O)c1cccc2c1CSC2. The Balaban J connectivity index is 2.23. The van der Waals surface area contributed by atoms with Gasteiger partial charge in [0.1, 0.15) is 5.60 Å². The minimum atomic E-state index is -1.09. The van der Waals surface area contributed by atoms with E-state index in [1.54, 1.807) is 38.6 Å². The van der Waals surface area contributed by atoms with Gasteiger partial charge in [0.15, 0.2) is 6.04 Å². The lowest BCUT2D eigenvalue weighted by atomic mass is 9.97. The first-order chi connectivity index (χ1) is 9.78. The number of carbonyl (C=O) groups is 2. The number of alkyl carbamates (subject to hydrolysis) is 1. The Labute approximate surface area is 128 Å². The van der Waals surface area contributed by atoms with Crippen LogP contribution in [0, 0.1) is 0 Å². The van der Waals surface area contributed by atoms with Crippen LogP contribution in [-0.2, 0) is 21.0 Å². The third-order valence-corrected chi connectivity index (χ3v) is 4.04. The Kier molecular flexibility index (Phi) is 4.46. The number of rotatable bonds is 3. The topological polar surface area (TPSA) is 75.6 Å². The molecule has 2 rings (SSSR count).